The lowest BCUT2D eigenvalue weighted by Crippen LogP contribution is -2.15. The molecule has 0 saturated heterocycles. The molecule has 10 heteroatoms. The van der Waals surface area contributed by atoms with Crippen molar-refractivity contribution in [2.24, 2.45) is 0 Å². The van der Waals surface area contributed by atoms with Crippen LogP contribution in [-0.2, 0) is 22.4 Å². The SMILES string of the molecule is COCCc1ccc(-c2csc(NC(=O)Cc3csc(NC(=O)c4cccs4)n3)n2)cc1. The summed E-state index contributed by atoms with van der Waals surface area (Å²) in [6, 6.07) is 11.7. The molecule has 0 spiro atoms. The zero-order valence-electron chi connectivity index (χ0n) is 17.2. The first kappa shape index (κ1) is 22.3. The van der Waals surface area contributed by atoms with Gasteiger partial charge in [0, 0.05) is 23.4 Å². The highest BCUT2D eigenvalue weighted by molar-refractivity contribution is 7.14. The Morgan fingerprint density at radius 3 is 2.50 bits per heavy atom. The second kappa shape index (κ2) is 10.6. The molecule has 2 amide bonds. The number of methoxy groups -OCH3 is 1. The monoisotopic (exact) mass is 484 g/mol. The quantitative estimate of drug-likeness (QED) is 0.351. The molecule has 0 saturated carbocycles. The fraction of sp³-hybridized carbons (Fsp3) is 0.182. The fourth-order valence-electron chi connectivity index (χ4n) is 2.87. The summed E-state index contributed by atoms with van der Waals surface area (Å²) in [4.78, 5) is 34.0. The number of ether oxygens (including phenoxy) is 1. The molecule has 0 aliphatic rings. The minimum absolute atomic E-state index is 0.106. The zero-order valence-corrected chi connectivity index (χ0v) is 19.6. The van der Waals surface area contributed by atoms with E-state index in [9.17, 15) is 9.59 Å². The number of rotatable bonds is 9. The van der Waals surface area contributed by atoms with Crippen LogP contribution in [0, 0.1) is 0 Å². The Morgan fingerprint density at radius 1 is 0.969 bits per heavy atom. The van der Waals surface area contributed by atoms with Crippen molar-refractivity contribution in [2.45, 2.75) is 12.8 Å². The summed E-state index contributed by atoms with van der Waals surface area (Å²) in [6.07, 6.45) is 0.972. The van der Waals surface area contributed by atoms with E-state index in [0.29, 0.717) is 27.4 Å². The second-order valence-corrected chi connectivity index (χ2v) is 9.44. The smallest absolute Gasteiger partial charge is 0.267 e. The number of nitrogens with one attached hydrogen (secondary N) is 2. The van der Waals surface area contributed by atoms with Crippen LogP contribution in [0.1, 0.15) is 20.9 Å². The van der Waals surface area contributed by atoms with Crippen molar-refractivity contribution < 1.29 is 14.3 Å². The van der Waals surface area contributed by atoms with Gasteiger partial charge in [-0.25, -0.2) is 9.97 Å². The summed E-state index contributed by atoms with van der Waals surface area (Å²) in [6.45, 7) is 0.688. The van der Waals surface area contributed by atoms with Crippen LogP contribution in [0.3, 0.4) is 0 Å². The van der Waals surface area contributed by atoms with Crippen molar-refractivity contribution in [3.8, 4) is 11.3 Å². The Kier molecular flexibility index (Phi) is 7.38. The molecular weight excluding hydrogens is 464 g/mol. The number of anilines is 2. The van der Waals surface area contributed by atoms with E-state index in [4.69, 9.17) is 4.74 Å². The van der Waals surface area contributed by atoms with E-state index in [0.717, 1.165) is 17.7 Å². The maximum absolute atomic E-state index is 12.4. The number of hydrogen-bond donors (Lipinski definition) is 2. The molecule has 2 N–H and O–H groups in total. The van der Waals surface area contributed by atoms with Gasteiger partial charge in [-0.05, 0) is 23.4 Å². The van der Waals surface area contributed by atoms with Gasteiger partial charge in [0.05, 0.1) is 29.3 Å². The van der Waals surface area contributed by atoms with Crippen LogP contribution < -0.4 is 10.6 Å². The maximum Gasteiger partial charge on any atom is 0.267 e. The summed E-state index contributed by atoms with van der Waals surface area (Å²) in [5.74, 6) is -0.408. The first-order valence-corrected chi connectivity index (χ1v) is 12.4. The van der Waals surface area contributed by atoms with E-state index in [2.05, 4.69) is 32.7 Å². The van der Waals surface area contributed by atoms with Gasteiger partial charge in [-0.3, -0.25) is 14.9 Å². The van der Waals surface area contributed by atoms with Crippen molar-refractivity contribution in [3.63, 3.8) is 0 Å². The van der Waals surface area contributed by atoms with Gasteiger partial charge in [0.1, 0.15) is 0 Å². The Morgan fingerprint density at radius 2 is 1.75 bits per heavy atom. The predicted molar refractivity (Wildman–Crippen MR) is 130 cm³/mol. The number of carbonyl (C=O) groups excluding carboxylic acids is 2. The third-order valence-corrected chi connectivity index (χ3v) is 6.89. The maximum atomic E-state index is 12.4. The van der Waals surface area contributed by atoms with E-state index >= 15 is 0 Å². The number of carbonyl (C=O) groups is 2. The number of aromatic nitrogens is 2. The van der Waals surface area contributed by atoms with Crippen LogP contribution in [0.5, 0.6) is 0 Å². The molecular formula is C22H20N4O3S3. The highest BCUT2D eigenvalue weighted by Gasteiger charge is 2.13. The Bertz CT molecular complexity index is 1180. The van der Waals surface area contributed by atoms with E-state index in [1.165, 1.54) is 39.6 Å². The molecule has 4 aromatic rings. The lowest BCUT2D eigenvalue weighted by atomic mass is 10.1. The van der Waals surface area contributed by atoms with Crippen LogP contribution in [0.4, 0.5) is 10.3 Å². The molecule has 0 atom stereocenters. The van der Waals surface area contributed by atoms with E-state index < -0.39 is 0 Å². The molecule has 164 valence electrons. The molecule has 3 heterocycles. The topological polar surface area (TPSA) is 93.2 Å². The standard InChI is InChI=1S/C22H20N4O3S3/c1-29-9-8-14-4-6-15(7-5-14)17-13-32-22(24-17)25-19(27)11-16-12-31-21(23-16)26-20(28)18-3-2-10-30-18/h2-7,10,12-13H,8-9,11H2,1H3,(H,23,26,28)(H,24,25,27). The first-order chi connectivity index (χ1) is 15.6. The molecule has 0 aliphatic carbocycles. The number of thiazole rings is 2. The van der Waals surface area contributed by atoms with Gasteiger partial charge in [0.2, 0.25) is 5.91 Å². The molecule has 7 nitrogen and oxygen atoms in total. The Hall–Kier alpha value is -2.92. The molecule has 1 aromatic carbocycles. The van der Waals surface area contributed by atoms with Crippen molar-refractivity contribution in [2.75, 3.05) is 24.4 Å². The van der Waals surface area contributed by atoms with Crippen LogP contribution >= 0.6 is 34.0 Å². The first-order valence-electron chi connectivity index (χ1n) is 9.73. The van der Waals surface area contributed by atoms with Crippen molar-refractivity contribution in [1.29, 1.82) is 0 Å². The normalized spacial score (nSPS) is 10.8. The van der Waals surface area contributed by atoms with Crippen LogP contribution in [0.2, 0.25) is 0 Å². The summed E-state index contributed by atoms with van der Waals surface area (Å²) < 4.78 is 5.10. The molecule has 0 bridgehead atoms. The second-order valence-electron chi connectivity index (χ2n) is 6.78. The van der Waals surface area contributed by atoms with Gasteiger partial charge in [-0.1, -0.05) is 30.3 Å². The van der Waals surface area contributed by atoms with Crippen molar-refractivity contribution in [3.05, 3.63) is 68.7 Å². The largest absolute Gasteiger partial charge is 0.384 e. The zero-order chi connectivity index (χ0) is 22.3. The lowest BCUT2D eigenvalue weighted by molar-refractivity contribution is -0.115. The number of benzene rings is 1. The molecule has 3 aromatic heterocycles. The van der Waals surface area contributed by atoms with Gasteiger partial charge in [0.25, 0.3) is 5.91 Å². The molecule has 0 unspecified atom stereocenters. The number of amides is 2. The number of thiophene rings is 1. The van der Waals surface area contributed by atoms with Gasteiger partial charge in [0.15, 0.2) is 10.3 Å². The minimum Gasteiger partial charge on any atom is -0.384 e. The summed E-state index contributed by atoms with van der Waals surface area (Å²) in [7, 11) is 1.69. The van der Waals surface area contributed by atoms with Crippen LogP contribution in [0.15, 0.2) is 52.5 Å². The highest BCUT2D eigenvalue weighted by Crippen LogP contribution is 2.26. The van der Waals surface area contributed by atoms with Crippen LogP contribution in [0.25, 0.3) is 11.3 Å². The number of nitrogens with zero attached hydrogens (tertiary/aromatic N) is 2. The average molecular weight is 485 g/mol. The molecule has 4 rings (SSSR count). The van der Waals surface area contributed by atoms with Gasteiger partial charge >= 0.3 is 0 Å². The van der Waals surface area contributed by atoms with Crippen molar-refractivity contribution >= 4 is 56.1 Å². The third-order valence-electron chi connectivity index (χ3n) is 4.45. The Labute approximate surface area is 197 Å². The lowest BCUT2D eigenvalue weighted by Gasteiger charge is -2.02. The van der Waals surface area contributed by atoms with E-state index in [1.54, 1.807) is 18.6 Å². The predicted octanol–water partition coefficient (Wildman–Crippen LogP) is 4.95. The highest BCUT2D eigenvalue weighted by atomic mass is 32.1. The Balaban J connectivity index is 1.31. The summed E-state index contributed by atoms with van der Waals surface area (Å²) in [5, 5.41) is 12.1. The molecule has 0 aliphatic heterocycles. The summed E-state index contributed by atoms with van der Waals surface area (Å²) >= 11 is 4.03. The minimum atomic E-state index is -0.206. The average Bonchev–Trinajstić information content (AvgIpc) is 3.55. The molecule has 32 heavy (non-hydrogen) atoms. The van der Waals surface area contributed by atoms with Crippen molar-refractivity contribution in [1.82, 2.24) is 9.97 Å². The molecule has 0 fully saturated rings. The number of hydrogen-bond acceptors (Lipinski definition) is 8. The van der Waals surface area contributed by atoms with E-state index in [-0.39, 0.29) is 18.2 Å². The van der Waals surface area contributed by atoms with Gasteiger partial charge in [-0.15, -0.1) is 34.0 Å². The third kappa shape index (κ3) is 5.86. The van der Waals surface area contributed by atoms with Gasteiger partial charge in [-0.2, -0.15) is 0 Å². The summed E-state index contributed by atoms with van der Waals surface area (Å²) in [5.41, 5.74) is 3.61. The van der Waals surface area contributed by atoms with Crippen LogP contribution in [-0.4, -0.2) is 35.5 Å². The van der Waals surface area contributed by atoms with Gasteiger partial charge < -0.3 is 10.1 Å². The van der Waals surface area contributed by atoms with E-state index in [1.807, 2.05) is 29.0 Å². The fourth-order valence-corrected chi connectivity index (χ4v) is 4.93. The molecule has 0 radical (unpaired) electrons.